The molecule has 1 heterocycles. The number of hydrogen-bond donors (Lipinski definition) is 1. The minimum Gasteiger partial charge on any atom is -0.320 e. The fourth-order valence-corrected chi connectivity index (χ4v) is 2.39. The van der Waals surface area contributed by atoms with Crippen molar-refractivity contribution in [3.8, 4) is 0 Å². The number of halogens is 3. The zero-order valence-electron chi connectivity index (χ0n) is 13.0. The number of carbonyl (C=O) groups excluding carboxylic acids is 1. The Bertz CT molecular complexity index is 1030. The highest BCUT2D eigenvalue weighted by atomic mass is 19.4. The monoisotopic (exact) mass is 347 g/mol. The van der Waals surface area contributed by atoms with Crippen LogP contribution in [0.1, 0.15) is 16.1 Å². The van der Waals surface area contributed by atoms with Crippen molar-refractivity contribution in [2.75, 3.05) is 5.32 Å². The maximum Gasteiger partial charge on any atom is 0.416 e. The zero-order chi connectivity index (χ0) is 18.2. The van der Waals surface area contributed by atoms with Crippen LogP contribution in [-0.4, -0.2) is 15.5 Å². The molecule has 0 unspecified atom stereocenters. The van der Waals surface area contributed by atoms with Crippen LogP contribution in [0.3, 0.4) is 0 Å². The number of rotatable bonds is 2. The largest absolute Gasteiger partial charge is 0.416 e. The van der Waals surface area contributed by atoms with E-state index in [1.165, 1.54) is 23.7 Å². The number of benzene rings is 2. The van der Waals surface area contributed by atoms with Gasteiger partial charge in [-0.1, -0.05) is 18.2 Å². The fraction of sp³-hybridized carbons (Fsp3) is 0.118. The number of aryl methyl sites for hydroxylation is 1. The SMILES string of the molecule is Cn1c(=O)c(C(=O)Nc2cccc(C(F)(F)F)c2)nc2ccccc21. The lowest BCUT2D eigenvalue weighted by Gasteiger charge is -2.10. The predicted molar refractivity (Wildman–Crippen MR) is 86.4 cm³/mol. The van der Waals surface area contributed by atoms with Gasteiger partial charge in [0.2, 0.25) is 0 Å². The van der Waals surface area contributed by atoms with Crippen molar-refractivity contribution in [2.45, 2.75) is 6.18 Å². The van der Waals surface area contributed by atoms with Gasteiger partial charge in [0.05, 0.1) is 16.6 Å². The second kappa shape index (κ2) is 6.04. The molecule has 0 saturated carbocycles. The van der Waals surface area contributed by atoms with Crippen molar-refractivity contribution in [2.24, 2.45) is 7.05 Å². The van der Waals surface area contributed by atoms with E-state index >= 15 is 0 Å². The van der Waals surface area contributed by atoms with Gasteiger partial charge in [0.1, 0.15) is 0 Å². The van der Waals surface area contributed by atoms with E-state index in [1.807, 2.05) is 0 Å². The van der Waals surface area contributed by atoms with Gasteiger partial charge in [-0.15, -0.1) is 0 Å². The second-order valence-electron chi connectivity index (χ2n) is 5.35. The van der Waals surface area contributed by atoms with Crippen LogP contribution in [0.4, 0.5) is 18.9 Å². The van der Waals surface area contributed by atoms with Crippen molar-refractivity contribution in [3.05, 3.63) is 70.1 Å². The highest BCUT2D eigenvalue weighted by molar-refractivity contribution is 6.03. The van der Waals surface area contributed by atoms with Crippen LogP contribution in [0.5, 0.6) is 0 Å². The fourth-order valence-electron chi connectivity index (χ4n) is 2.39. The van der Waals surface area contributed by atoms with Gasteiger partial charge in [0.15, 0.2) is 5.69 Å². The number of fused-ring (bicyclic) bond motifs is 1. The summed E-state index contributed by atoms with van der Waals surface area (Å²) in [7, 11) is 1.49. The number of aromatic nitrogens is 2. The molecule has 0 aliphatic heterocycles. The van der Waals surface area contributed by atoms with E-state index in [0.29, 0.717) is 11.0 Å². The number of nitrogens with zero attached hydrogens (tertiary/aromatic N) is 2. The Hall–Kier alpha value is -3.16. The van der Waals surface area contributed by atoms with Gasteiger partial charge in [-0.3, -0.25) is 9.59 Å². The molecule has 3 rings (SSSR count). The van der Waals surface area contributed by atoms with Crippen LogP contribution in [0, 0.1) is 0 Å². The average Bonchev–Trinajstić information content (AvgIpc) is 2.57. The Morgan fingerprint density at radius 2 is 1.84 bits per heavy atom. The molecule has 0 fully saturated rings. The summed E-state index contributed by atoms with van der Waals surface area (Å²) in [5, 5.41) is 2.29. The third-order valence-corrected chi connectivity index (χ3v) is 3.65. The molecule has 0 spiro atoms. The van der Waals surface area contributed by atoms with Crippen molar-refractivity contribution < 1.29 is 18.0 Å². The van der Waals surface area contributed by atoms with Crippen molar-refractivity contribution in [1.82, 2.24) is 9.55 Å². The Morgan fingerprint density at radius 1 is 1.12 bits per heavy atom. The highest BCUT2D eigenvalue weighted by Crippen LogP contribution is 2.30. The summed E-state index contributed by atoms with van der Waals surface area (Å²) in [5.41, 5.74) is -1.02. The minimum atomic E-state index is -4.53. The highest BCUT2D eigenvalue weighted by Gasteiger charge is 2.30. The Labute approximate surface area is 139 Å². The minimum absolute atomic E-state index is 0.0724. The molecular formula is C17H12F3N3O2. The average molecular weight is 347 g/mol. The summed E-state index contributed by atoms with van der Waals surface area (Å²) in [4.78, 5) is 28.7. The maximum absolute atomic E-state index is 12.7. The van der Waals surface area contributed by atoms with E-state index < -0.39 is 28.9 Å². The van der Waals surface area contributed by atoms with Crippen LogP contribution >= 0.6 is 0 Å². The van der Waals surface area contributed by atoms with Crippen LogP contribution < -0.4 is 10.9 Å². The summed E-state index contributed by atoms with van der Waals surface area (Å²) < 4.78 is 39.5. The summed E-state index contributed by atoms with van der Waals surface area (Å²) in [6.45, 7) is 0. The molecule has 2 aromatic carbocycles. The van der Waals surface area contributed by atoms with E-state index in [9.17, 15) is 22.8 Å². The molecule has 25 heavy (non-hydrogen) atoms. The van der Waals surface area contributed by atoms with Gasteiger partial charge in [-0.25, -0.2) is 4.98 Å². The smallest absolute Gasteiger partial charge is 0.320 e. The lowest BCUT2D eigenvalue weighted by atomic mass is 10.2. The van der Waals surface area contributed by atoms with Crippen molar-refractivity contribution in [3.63, 3.8) is 0 Å². The number of carbonyl (C=O) groups is 1. The van der Waals surface area contributed by atoms with Crippen LogP contribution in [0.25, 0.3) is 11.0 Å². The lowest BCUT2D eigenvalue weighted by molar-refractivity contribution is -0.137. The summed E-state index contributed by atoms with van der Waals surface area (Å²) in [6, 6.07) is 10.9. The van der Waals surface area contributed by atoms with Crippen LogP contribution in [0.15, 0.2) is 53.3 Å². The number of para-hydroxylation sites is 2. The maximum atomic E-state index is 12.7. The number of amides is 1. The molecular weight excluding hydrogens is 335 g/mol. The first-order chi connectivity index (χ1) is 11.8. The summed E-state index contributed by atoms with van der Waals surface area (Å²) in [5.74, 6) is -0.870. The van der Waals surface area contributed by atoms with Crippen molar-refractivity contribution in [1.29, 1.82) is 0 Å². The third-order valence-electron chi connectivity index (χ3n) is 3.65. The van der Waals surface area contributed by atoms with Gasteiger partial charge < -0.3 is 9.88 Å². The van der Waals surface area contributed by atoms with Crippen molar-refractivity contribution >= 4 is 22.6 Å². The standard InChI is InChI=1S/C17H12F3N3O2/c1-23-13-8-3-2-7-12(13)22-14(16(23)25)15(24)21-11-6-4-5-10(9-11)17(18,19)20/h2-9H,1H3,(H,21,24). The Balaban J connectivity index is 1.99. The molecule has 0 saturated heterocycles. The molecule has 8 heteroatoms. The molecule has 1 amide bonds. The molecule has 0 aliphatic rings. The molecule has 128 valence electrons. The first kappa shape index (κ1) is 16.7. The molecule has 0 radical (unpaired) electrons. The number of anilines is 1. The third kappa shape index (κ3) is 3.23. The quantitative estimate of drug-likeness (QED) is 0.774. The van der Waals surface area contributed by atoms with E-state index in [4.69, 9.17) is 0 Å². The molecule has 0 bridgehead atoms. The summed E-state index contributed by atoms with van der Waals surface area (Å²) in [6.07, 6.45) is -4.53. The van der Waals surface area contributed by atoms with Crippen LogP contribution in [0.2, 0.25) is 0 Å². The number of nitrogens with one attached hydrogen (secondary N) is 1. The van der Waals surface area contributed by atoms with E-state index in [2.05, 4.69) is 10.3 Å². The molecule has 1 aromatic heterocycles. The van der Waals surface area contributed by atoms with E-state index in [-0.39, 0.29) is 5.69 Å². The Kier molecular flexibility index (Phi) is 4.03. The van der Waals surface area contributed by atoms with Gasteiger partial charge >= 0.3 is 6.18 Å². The lowest BCUT2D eigenvalue weighted by Crippen LogP contribution is -2.29. The van der Waals surface area contributed by atoms with E-state index in [0.717, 1.165) is 12.1 Å². The molecule has 0 aliphatic carbocycles. The zero-order valence-corrected chi connectivity index (χ0v) is 13.0. The first-order valence-corrected chi connectivity index (χ1v) is 7.22. The summed E-state index contributed by atoms with van der Waals surface area (Å²) >= 11 is 0. The first-order valence-electron chi connectivity index (χ1n) is 7.22. The van der Waals surface area contributed by atoms with Gasteiger partial charge in [0.25, 0.3) is 11.5 Å². The number of alkyl halides is 3. The molecule has 0 atom stereocenters. The second-order valence-corrected chi connectivity index (χ2v) is 5.35. The number of hydrogen-bond acceptors (Lipinski definition) is 3. The van der Waals surface area contributed by atoms with Crippen LogP contribution in [-0.2, 0) is 13.2 Å². The predicted octanol–water partition coefficient (Wildman–Crippen LogP) is 3.20. The Morgan fingerprint density at radius 3 is 2.56 bits per heavy atom. The van der Waals surface area contributed by atoms with E-state index in [1.54, 1.807) is 24.3 Å². The van der Waals surface area contributed by atoms with Gasteiger partial charge in [-0.05, 0) is 30.3 Å². The normalized spacial score (nSPS) is 11.5. The van der Waals surface area contributed by atoms with Gasteiger partial charge in [0, 0.05) is 12.7 Å². The van der Waals surface area contributed by atoms with Gasteiger partial charge in [-0.2, -0.15) is 13.2 Å². The molecule has 1 N–H and O–H groups in total. The molecule has 5 nitrogen and oxygen atoms in total. The topological polar surface area (TPSA) is 64.0 Å². The molecule has 3 aromatic rings.